The molecule has 5 nitrogen and oxygen atoms in total. The molecule has 1 amide bonds. The third-order valence-corrected chi connectivity index (χ3v) is 2.75. The van der Waals surface area contributed by atoms with Gasteiger partial charge in [0, 0.05) is 25.9 Å². The molecule has 94 valence electrons. The molecule has 1 N–H and O–H groups in total. The molecule has 1 saturated heterocycles. The molecule has 0 saturated carbocycles. The normalized spacial score (nSPS) is 27.8. The minimum Gasteiger partial charge on any atom is -0.460 e. The zero-order valence-corrected chi connectivity index (χ0v) is 10.3. The fourth-order valence-electron chi connectivity index (χ4n) is 1.80. The van der Waals surface area contributed by atoms with Crippen LogP contribution in [0.4, 0.5) is 0 Å². The Kier molecular flexibility index (Phi) is 5.48. The Hall–Kier alpha value is -1.04. The third kappa shape index (κ3) is 4.38. The molecular weight excluding hydrogens is 221 g/mol. The molecule has 1 unspecified atom stereocenters. The second-order valence-electron chi connectivity index (χ2n) is 4.06. The highest BCUT2D eigenvalue weighted by atomic mass is 16.6. The molecule has 6 heteroatoms. The number of rotatable bonds is 5. The average molecular weight is 239 g/mol. The Bertz CT molecular complexity index is 285. The van der Waals surface area contributed by atoms with Gasteiger partial charge in [-0.05, 0) is 6.42 Å². The maximum Gasteiger partial charge on any atom is 0.306 e. The second kappa shape index (κ2) is 6.64. The predicted molar refractivity (Wildman–Crippen MR) is 62.5 cm³/mol. The molecule has 3 atom stereocenters. The zero-order chi connectivity index (χ0) is 12.8. The van der Waals surface area contributed by atoms with Gasteiger partial charge in [0.2, 0.25) is 5.91 Å². The largest absolute Gasteiger partial charge is 0.460 e. The van der Waals surface area contributed by atoms with E-state index in [4.69, 9.17) is 17.3 Å². The van der Waals surface area contributed by atoms with E-state index in [1.54, 1.807) is 0 Å². The summed E-state index contributed by atoms with van der Waals surface area (Å²) in [5.41, 5.74) is 0. The summed E-state index contributed by atoms with van der Waals surface area (Å²) in [6, 6.07) is -0.364. The third-order valence-electron chi connectivity index (χ3n) is 2.75. The molecule has 1 aliphatic heterocycles. The van der Waals surface area contributed by atoms with Crippen molar-refractivity contribution in [3.05, 3.63) is 0 Å². The molecule has 1 fully saturated rings. The SMILES string of the molecule is [B][C@H]1CC(OC(=O)CCC(=O)NC)[C@@H](CC)O1. The lowest BCUT2D eigenvalue weighted by atomic mass is 9.96. The summed E-state index contributed by atoms with van der Waals surface area (Å²) in [6.07, 6.45) is 1.08. The summed E-state index contributed by atoms with van der Waals surface area (Å²) in [5, 5.41) is 2.45. The molecule has 0 aromatic rings. The first-order valence-corrected chi connectivity index (χ1v) is 5.88. The van der Waals surface area contributed by atoms with Gasteiger partial charge in [-0.2, -0.15) is 0 Å². The predicted octanol–water partition coefficient (Wildman–Crippen LogP) is 0.118. The van der Waals surface area contributed by atoms with Gasteiger partial charge in [0.15, 0.2) is 0 Å². The fourth-order valence-corrected chi connectivity index (χ4v) is 1.80. The van der Waals surface area contributed by atoms with Crippen LogP contribution in [0.25, 0.3) is 0 Å². The van der Waals surface area contributed by atoms with Gasteiger partial charge in [-0.1, -0.05) is 6.92 Å². The molecule has 0 bridgehead atoms. The van der Waals surface area contributed by atoms with Gasteiger partial charge in [-0.15, -0.1) is 0 Å². The lowest BCUT2D eigenvalue weighted by Crippen LogP contribution is -2.27. The minimum atomic E-state index is -0.380. The topological polar surface area (TPSA) is 64.6 Å². The first kappa shape index (κ1) is 14.0. The van der Waals surface area contributed by atoms with Crippen LogP contribution in [0.5, 0.6) is 0 Å². The maximum absolute atomic E-state index is 11.5. The molecule has 1 aliphatic rings. The van der Waals surface area contributed by atoms with E-state index in [0.717, 1.165) is 6.42 Å². The van der Waals surface area contributed by atoms with E-state index >= 15 is 0 Å². The molecular formula is C11H18BNO4. The number of esters is 1. The van der Waals surface area contributed by atoms with Gasteiger partial charge in [-0.25, -0.2) is 0 Å². The van der Waals surface area contributed by atoms with Gasteiger partial charge < -0.3 is 14.8 Å². The van der Waals surface area contributed by atoms with E-state index in [1.807, 2.05) is 6.92 Å². The number of amides is 1. The first-order chi connectivity index (χ1) is 8.06. The van der Waals surface area contributed by atoms with E-state index in [2.05, 4.69) is 5.32 Å². The number of carbonyl (C=O) groups is 2. The highest BCUT2D eigenvalue weighted by molar-refractivity contribution is 6.11. The fraction of sp³-hybridized carbons (Fsp3) is 0.818. The van der Waals surface area contributed by atoms with E-state index in [-0.39, 0.29) is 42.9 Å². The number of nitrogens with one attached hydrogen (secondary N) is 1. The van der Waals surface area contributed by atoms with Crippen LogP contribution in [0.15, 0.2) is 0 Å². The van der Waals surface area contributed by atoms with Gasteiger partial charge in [-0.3, -0.25) is 9.59 Å². The van der Waals surface area contributed by atoms with Crippen LogP contribution >= 0.6 is 0 Å². The highest BCUT2D eigenvalue weighted by Crippen LogP contribution is 2.24. The van der Waals surface area contributed by atoms with Crippen molar-refractivity contribution < 1.29 is 19.1 Å². The molecule has 0 aliphatic carbocycles. The number of hydrogen-bond acceptors (Lipinski definition) is 4. The van der Waals surface area contributed by atoms with Gasteiger partial charge in [0.05, 0.1) is 12.5 Å². The summed E-state index contributed by atoms with van der Waals surface area (Å²) < 4.78 is 10.6. The molecule has 0 spiro atoms. The number of hydrogen-bond donors (Lipinski definition) is 1. The Morgan fingerprint density at radius 1 is 1.47 bits per heavy atom. The van der Waals surface area contributed by atoms with Gasteiger partial charge in [0.1, 0.15) is 14.0 Å². The van der Waals surface area contributed by atoms with E-state index in [1.165, 1.54) is 7.05 Å². The van der Waals surface area contributed by atoms with Crippen LogP contribution in [0.1, 0.15) is 32.6 Å². The smallest absolute Gasteiger partial charge is 0.306 e. The number of carbonyl (C=O) groups excluding carboxylic acids is 2. The molecule has 1 rings (SSSR count). The van der Waals surface area contributed by atoms with Gasteiger partial charge in [0.25, 0.3) is 0 Å². The highest BCUT2D eigenvalue weighted by Gasteiger charge is 2.34. The Morgan fingerprint density at radius 2 is 2.18 bits per heavy atom. The first-order valence-electron chi connectivity index (χ1n) is 5.88. The molecule has 2 radical (unpaired) electrons. The Labute approximate surface area is 103 Å². The summed E-state index contributed by atoms with van der Waals surface area (Å²) in [6.45, 7) is 1.95. The molecule has 17 heavy (non-hydrogen) atoms. The van der Waals surface area contributed by atoms with Crippen molar-refractivity contribution in [2.24, 2.45) is 0 Å². The Morgan fingerprint density at radius 3 is 2.76 bits per heavy atom. The van der Waals surface area contributed by atoms with Crippen LogP contribution in [0.3, 0.4) is 0 Å². The van der Waals surface area contributed by atoms with Crippen molar-refractivity contribution in [1.29, 1.82) is 0 Å². The standard InChI is InChI=1S/C11H18BNO4/c1-3-7-8(6-9(12)16-7)17-11(15)5-4-10(14)13-2/h7-9H,3-6H2,1-2H3,(H,13,14)/t7-,8?,9-/m1/s1. The van der Waals surface area contributed by atoms with Crippen LogP contribution < -0.4 is 5.32 Å². The minimum absolute atomic E-state index is 0.0852. The van der Waals surface area contributed by atoms with Crippen molar-refractivity contribution in [1.82, 2.24) is 5.32 Å². The molecule has 0 aromatic heterocycles. The molecule has 1 heterocycles. The van der Waals surface area contributed by atoms with Crippen LogP contribution in [-0.2, 0) is 19.1 Å². The lowest BCUT2D eigenvalue weighted by Gasteiger charge is -2.17. The van der Waals surface area contributed by atoms with E-state index in [9.17, 15) is 9.59 Å². The summed E-state index contributed by atoms with van der Waals surface area (Å²) in [4.78, 5) is 22.5. The van der Waals surface area contributed by atoms with Crippen molar-refractivity contribution in [2.75, 3.05) is 7.05 Å². The lowest BCUT2D eigenvalue weighted by molar-refractivity contribution is -0.152. The molecule has 0 aromatic carbocycles. The maximum atomic E-state index is 11.5. The zero-order valence-electron chi connectivity index (χ0n) is 10.3. The van der Waals surface area contributed by atoms with E-state index in [0.29, 0.717) is 6.42 Å². The quantitative estimate of drug-likeness (QED) is 0.546. The van der Waals surface area contributed by atoms with Crippen molar-refractivity contribution in [3.8, 4) is 0 Å². The van der Waals surface area contributed by atoms with Crippen LogP contribution in [0.2, 0.25) is 0 Å². The summed E-state index contributed by atoms with van der Waals surface area (Å²) >= 11 is 0. The monoisotopic (exact) mass is 239 g/mol. The van der Waals surface area contributed by atoms with Crippen LogP contribution in [-0.4, -0.2) is 45.0 Å². The summed E-state index contributed by atoms with van der Waals surface area (Å²) in [5.74, 6) is -0.553. The van der Waals surface area contributed by atoms with E-state index < -0.39 is 0 Å². The van der Waals surface area contributed by atoms with Gasteiger partial charge >= 0.3 is 5.97 Å². The average Bonchev–Trinajstić information content (AvgIpc) is 2.66. The second-order valence-corrected chi connectivity index (χ2v) is 4.06. The summed E-state index contributed by atoms with van der Waals surface area (Å²) in [7, 11) is 7.17. The van der Waals surface area contributed by atoms with Crippen molar-refractivity contribution in [3.63, 3.8) is 0 Å². The van der Waals surface area contributed by atoms with Crippen molar-refractivity contribution >= 4 is 19.7 Å². The number of ether oxygens (including phenoxy) is 2. The van der Waals surface area contributed by atoms with Crippen LogP contribution in [0, 0.1) is 0 Å². The van der Waals surface area contributed by atoms with Crippen molar-refractivity contribution in [2.45, 2.75) is 50.8 Å². The Balaban J connectivity index is 2.32.